The molecule has 0 aliphatic heterocycles. The highest BCUT2D eigenvalue weighted by atomic mass is 32.2. The Labute approximate surface area is 108 Å². The third-order valence-corrected chi connectivity index (χ3v) is 4.84. The number of hydrogen-bond acceptors (Lipinski definition) is 4. The molecule has 1 aromatic rings. The lowest BCUT2D eigenvalue weighted by Gasteiger charge is -2.22. The third kappa shape index (κ3) is 3.78. The first-order chi connectivity index (χ1) is 8.40. The Morgan fingerprint density at radius 1 is 1.39 bits per heavy atom. The molecule has 0 bridgehead atoms. The fraction of sp³-hybridized carbons (Fsp3) is 0.500. The number of aliphatic hydroxyl groups is 1. The zero-order valence-corrected chi connectivity index (χ0v) is 11.5. The lowest BCUT2D eigenvalue weighted by Crippen LogP contribution is -2.38. The molecule has 0 saturated heterocycles. The summed E-state index contributed by atoms with van der Waals surface area (Å²) in [6, 6.07) is 6.77. The Bertz CT molecular complexity index is 488. The van der Waals surface area contributed by atoms with Gasteiger partial charge in [-0.25, -0.2) is 8.42 Å². The number of aliphatic hydroxyl groups excluding tert-OH is 1. The topological polar surface area (TPSA) is 83.6 Å². The summed E-state index contributed by atoms with van der Waals surface area (Å²) in [7, 11) is -1.94. The average Bonchev–Trinajstić information content (AvgIpc) is 2.36. The minimum Gasteiger partial charge on any atom is -0.395 e. The quantitative estimate of drug-likeness (QED) is 0.779. The molecule has 0 saturated carbocycles. The zero-order chi connectivity index (χ0) is 13.8. The molecule has 0 aliphatic rings. The molecular weight excluding hydrogens is 252 g/mol. The van der Waals surface area contributed by atoms with Gasteiger partial charge in [0, 0.05) is 19.6 Å². The normalized spacial score (nSPS) is 13.8. The predicted molar refractivity (Wildman–Crippen MR) is 71.3 cm³/mol. The molecule has 5 nitrogen and oxygen atoms in total. The molecule has 0 amide bonds. The first kappa shape index (κ1) is 15.1. The molecule has 0 aromatic heterocycles. The standard InChI is InChI=1S/C12H20N2O3S/c1-10(8-15)14(2)18(16,17)9-12-5-3-4-11(6-12)7-13/h3-6,10,15H,7-9,13H2,1-2H3. The number of rotatable bonds is 6. The summed E-state index contributed by atoms with van der Waals surface area (Å²) < 4.78 is 25.4. The summed E-state index contributed by atoms with van der Waals surface area (Å²) in [5.41, 5.74) is 7.13. The van der Waals surface area contributed by atoms with Crippen molar-refractivity contribution in [1.29, 1.82) is 0 Å². The molecule has 1 rings (SSSR count). The molecule has 18 heavy (non-hydrogen) atoms. The second-order valence-electron chi connectivity index (χ2n) is 4.33. The van der Waals surface area contributed by atoms with Crippen LogP contribution in [-0.2, 0) is 22.3 Å². The summed E-state index contributed by atoms with van der Waals surface area (Å²) in [4.78, 5) is 0. The second-order valence-corrected chi connectivity index (χ2v) is 6.36. The van der Waals surface area contributed by atoms with Crippen LogP contribution in [0.2, 0.25) is 0 Å². The molecule has 3 N–H and O–H groups in total. The van der Waals surface area contributed by atoms with Crippen LogP contribution in [0.15, 0.2) is 24.3 Å². The van der Waals surface area contributed by atoms with Crippen molar-refractivity contribution < 1.29 is 13.5 Å². The van der Waals surface area contributed by atoms with Crippen molar-refractivity contribution in [2.45, 2.75) is 25.3 Å². The van der Waals surface area contributed by atoms with Crippen molar-refractivity contribution >= 4 is 10.0 Å². The van der Waals surface area contributed by atoms with E-state index in [1.807, 2.05) is 6.07 Å². The molecule has 1 atom stereocenters. The molecule has 102 valence electrons. The van der Waals surface area contributed by atoms with Crippen molar-refractivity contribution in [3.8, 4) is 0 Å². The first-order valence-corrected chi connectivity index (χ1v) is 7.36. The minimum absolute atomic E-state index is 0.0817. The third-order valence-electron chi connectivity index (χ3n) is 2.90. The Hall–Kier alpha value is -0.950. The molecular formula is C12H20N2O3S. The van der Waals surface area contributed by atoms with E-state index in [0.717, 1.165) is 5.56 Å². The minimum atomic E-state index is -3.42. The van der Waals surface area contributed by atoms with Crippen LogP contribution in [0, 0.1) is 0 Å². The van der Waals surface area contributed by atoms with Crippen LogP contribution in [0.1, 0.15) is 18.1 Å². The van der Waals surface area contributed by atoms with Crippen LogP contribution in [0.4, 0.5) is 0 Å². The van der Waals surface area contributed by atoms with Gasteiger partial charge in [-0.15, -0.1) is 0 Å². The number of benzene rings is 1. The number of nitrogens with two attached hydrogens (primary N) is 1. The van der Waals surface area contributed by atoms with Gasteiger partial charge in [0.1, 0.15) is 0 Å². The maximum atomic E-state index is 12.1. The van der Waals surface area contributed by atoms with Gasteiger partial charge in [-0.2, -0.15) is 4.31 Å². The van der Waals surface area contributed by atoms with Gasteiger partial charge in [0.2, 0.25) is 10.0 Å². The summed E-state index contributed by atoms with van der Waals surface area (Å²) in [6.45, 7) is 1.85. The second kappa shape index (κ2) is 6.29. The van der Waals surface area contributed by atoms with Crippen molar-refractivity contribution in [2.75, 3.05) is 13.7 Å². The monoisotopic (exact) mass is 272 g/mol. The highest BCUT2D eigenvalue weighted by molar-refractivity contribution is 7.88. The van der Waals surface area contributed by atoms with Crippen molar-refractivity contribution in [3.63, 3.8) is 0 Å². The summed E-state index contributed by atoms with van der Waals surface area (Å²) in [5, 5.41) is 8.99. The summed E-state index contributed by atoms with van der Waals surface area (Å²) >= 11 is 0. The largest absolute Gasteiger partial charge is 0.395 e. The van der Waals surface area contributed by atoms with E-state index in [2.05, 4.69) is 0 Å². The summed E-state index contributed by atoms with van der Waals surface area (Å²) in [5.74, 6) is -0.0817. The van der Waals surface area contributed by atoms with Gasteiger partial charge in [-0.05, 0) is 18.1 Å². The fourth-order valence-electron chi connectivity index (χ4n) is 1.55. The number of likely N-dealkylation sites (N-methyl/N-ethyl adjacent to an activating group) is 1. The number of sulfonamides is 1. The fourth-order valence-corrected chi connectivity index (χ4v) is 2.97. The molecule has 0 heterocycles. The summed E-state index contributed by atoms with van der Waals surface area (Å²) in [6.07, 6.45) is 0. The van der Waals surface area contributed by atoms with E-state index in [-0.39, 0.29) is 12.4 Å². The first-order valence-electron chi connectivity index (χ1n) is 5.75. The molecule has 6 heteroatoms. The zero-order valence-electron chi connectivity index (χ0n) is 10.7. The van der Waals surface area contributed by atoms with Crippen molar-refractivity contribution in [1.82, 2.24) is 4.31 Å². The molecule has 0 aliphatic carbocycles. The van der Waals surface area contributed by atoms with Gasteiger partial charge in [0.05, 0.1) is 12.4 Å². The van der Waals surface area contributed by atoms with Crippen molar-refractivity contribution in [3.05, 3.63) is 35.4 Å². The van der Waals surface area contributed by atoms with Crippen LogP contribution >= 0.6 is 0 Å². The van der Waals surface area contributed by atoms with E-state index in [1.54, 1.807) is 25.1 Å². The Morgan fingerprint density at radius 2 is 2.00 bits per heavy atom. The van der Waals surface area contributed by atoms with E-state index >= 15 is 0 Å². The SMILES string of the molecule is CC(CO)N(C)S(=O)(=O)Cc1cccc(CN)c1. The Kier molecular flexibility index (Phi) is 5.28. The number of hydrogen-bond donors (Lipinski definition) is 2. The van der Waals surface area contributed by atoms with Gasteiger partial charge in [0.25, 0.3) is 0 Å². The lowest BCUT2D eigenvalue weighted by atomic mass is 10.1. The van der Waals surface area contributed by atoms with Crippen LogP contribution in [-0.4, -0.2) is 37.5 Å². The van der Waals surface area contributed by atoms with E-state index in [0.29, 0.717) is 12.1 Å². The maximum absolute atomic E-state index is 12.1. The molecule has 0 spiro atoms. The van der Waals surface area contributed by atoms with Crippen LogP contribution in [0.3, 0.4) is 0 Å². The van der Waals surface area contributed by atoms with Crippen molar-refractivity contribution in [2.24, 2.45) is 5.73 Å². The highest BCUT2D eigenvalue weighted by Gasteiger charge is 2.23. The predicted octanol–water partition coefficient (Wildman–Crippen LogP) is 0.288. The van der Waals surface area contributed by atoms with E-state index in [9.17, 15) is 8.42 Å². The van der Waals surface area contributed by atoms with Gasteiger partial charge in [-0.1, -0.05) is 24.3 Å². The smallest absolute Gasteiger partial charge is 0.218 e. The Balaban J connectivity index is 2.88. The number of nitrogens with zero attached hydrogens (tertiary/aromatic N) is 1. The van der Waals surface area contributed by atoms with Crippen LogP contribution in [0.25, 0.3) is 0 Å². The van der Waals surface area contributed by atoms with Gasteiger partial charge in [0.15, 0.2) is 0 Å². The van der Waals surface area contributed by atoms with E-state index in [4.69, 9.17) is 10.8 Å². The van der Waals surface area contributed by atoms with Crippen LogP contribution < -0.4 is 5.73 Å². The van der Waals surface area contributed by atoms with Gasteiger partial charge in [-0.3, -0.25) is 0 Å². The average molecular weight is 272 g/mol. The molecule has 1 aromatic carbocycles. The van der Waals surface area contributed by atoms with Gasteiger partial charge < -0.3 is 10.8 Å². The highest BCUT2D eigenvalue weighted by Crippen LogP contribution is 2.13. The molecule has 0 fully saturated rings. The molecule has 0 radical (unpaired) electrons. The van der Waals surface area contributed by atoms with E-state index < -0.39 is 16.1 Å². The maximum Gasteiger partial charge on any atom is 0.218 e. The van der Waals surface area contributed by atoms with E-state index in [1.165, 1.54) is 11.4 Å². The van der Waals surface area contributed by atoms with Crippen LogP contribution in [0.5, 0.6) is 0 Å². The Morgan fingerprint density at radius 3 is 2.56 bits per heavy atom. The van der Waals surface area contributed by atoms with Gasteiger partial charge >= 0.3 is 0 Å². The molecule has 1 unspecified atom stereocenters. The lowest BCUT2D eigenvalue weighted by molar-refractivity contribution is 0.213.